The first kappa shape index (κ1) is 32.2. The molecule has 2 atom stereocenters. The molecule has 34 heavy (non-hydrogen) atoms. The fourth-order valence-corrected chi connectivity index (χ4v) is 3.20. The van der Waals surface area contributed by atoms with Crippen LogP contribution in [0.25, 0.3) is 0 Å². The summed E-state index contributed by atoms with van der Waals surface area (Å²) in [5.41, 5.74) is 5.16. The van der Waals surface area contributed by atoms with Gasteiger partial charge in [0.2, 0.25) is 0 Å². The molecule has 0 aliphatic rings. The summed E-state index contributed by atoms with van der Waals surface area (Å²) in [6.07, 6.45) is 26.5. The number of hydrogen-bond donors (Lipinski definition) is 3. The number of carbonyl (C=O) groups is 1. The Bertz CT molecular complexity index is 701. The highest BCUT2D eigenvalue weighted by molar-refractivity contribution is 7.47. The molecule has 0 saturated carbocycles. The smallest absolute Gasteiger partial charge is 0.463 e. The molecule has 0 aromatic rings. The van der Waals surface area contributed by atoms with Crippen molar-refractivity contribution in [3.8, 4) is 0 Å². The molecule has 9 heteroatoms. The van der Waals surface area contributed by atoms with E-state index in [0.717, 1.165) is 38.5 Å². The summed E-state index contributed by atoms with van der Waals surface area (Å²) in [6.45, 7) is 1.24. The molecule has 0 aliphatic carbocycles. The SMILES string of the molecule is CC/C=C\C/C=C\C/C=C\C/C=C\C/C=C\CCCC(=O)OCC(O)COP(=O)(O)OCCN. The largest absolute Gasteiger partial charge is 0.472 e. The first-order chi connectivity index (χ1) is 16.4. The van der Waals surface area contributed by atoms with Crippen LogP contribution in [0.3, 0.4) is 0 Å². The highest BCUT2D eigenvalue weighted by Gasteiger charge is 2.22. The minimum atomic E-state index is -4.26. The average molecular weight is 500 g/mol. The lowest BCUT2D eigenvalue weighted by atomic mass is 10.2. The van der Waals surface area contributed by atoms with E-state index in [1.807, 2.05) is 6.08 Å². The molecule has 4 N–H and O–H groups in total. The Morgan fingerprint density at radius 3 is 1.94 bits per heavy atom. The van der Waals surface area contributed by atoms with Gasteiger partial charge in [-0.25, -0.2) is 4.57 Å². The maximum absolute atomic E-state index is 11.7. The van der Waals surface area contributed by atoms with Crippen molar-refractivity contribution in [2.24, 2.45) is 5.73 Å². The van der Waals surface area contributed by atoms with Crippen molar-refractivity contribution in [3.63, 3.8) is 0 Å². The summed E-state index contributed by atoms with van der Waals surface area (Å²) < 4.78 is 25.5. The Kier molecular flexibility index (Phi) is 21.8. The van der Waals surface area contributed by atoms with Gasteiger partial charge in [-0.15, -0.1) is 0 Å². The van der Waals surface area contributed by atoms with Crippen molar-refractivity contribution in [1.29, 1.82) is 0 Å². The monoisotopic (exact) mass is 499 g/mol. The predicted octanol–water partition coefficient (Wildman–Crippen LogP) is 4.90. The summed E-state index contributed by atoms with van der Waals surface area (Å²) in [7, 11) is -4.26. The van der Waals surface area contributed by atoms with Gasteiger partial charge in [-0.1, -0.05) is 67.7 Å². The minimum Gasteiger partial charge on any atom is -0.463 e. The van der Waals surface area contributed by atoms with Crippen LogP contribution in [0.2, 0.25) is 0 Å². The first-order valence-electron chi connectivity index (χ1n) is 11.8. The summed E-state index contributed by atoms with van der Waals surface area (Å²) in [6, 6.07) is 0. The third-order valence-corrected chi connectivity index (χ3v) is 5.13. The number of phosphoric ester groups is 1. The molecule has 0 fully saturated rings. The van der Waals surface area contributed by atoms with Crippen LogP contribution in [0.1, 0.15) is 58.3 Å². The van der Waals surface area contributed by atoms with E-state index in [2.05, 4.69) is 70.7 Å². The molecule has 0 saturated heterocycles. The molecular formula is C25H42NO7P. The Hall–Kier alpha value is -1.80. The topological polar surface area (TPSA) is 128 Å². The molecule has 0 rings (SSSR count). The highest BCUT2D eigenvalue weighted by atomic mass is 31.2. The fraction of sp³-hybridized carbons (Fsp3) is 0.560. The Balaban J connectivity index is 3.70. The molecule has 0 aromatic heterocycles. The summed E-state index contributed by atoms with van der Waals surface area (Å²) in [5.74, 6) is -0.446. The number of aliphatic hydroxyl groups is 1. The van der Waals surface area contributed by atoms with Gasteiger partial charge in [0.25, 0.3) is 0 Å². The number of unbranched alkanes of at least 4 members (excludes halogenated alkanes) is 1. The summed E-state index contributed by atoms with van der Waals surface area (Å²) >= 11 is 0. The molecule has 0 amide bonds. The number of esters is 1. The van der Waals surface area contributed by atoms with Gasteiger partial charge in [-0.3, -0.25) is 13.8 Å². The van der Waals surface area contributed by atoms with Crippen LogP contribution in [0, 0.1) is 0 Å². The lowest BCUT2D eigenvalue weighted by molar-refractivity contribution is -0.147. The summed E-state index contributed by atoms with van der Waals surface area (Å²) in [5, 5.41) is 9.67. The lowest BCUT2D eigenvalue weighted by Gasteiger charge is -2.15. The van der Waals surface area contributed by atoms with Gasteiger partial charge in [0.15, 0.2) is 0 Å². The van der Waals surface area contributed by atoms with Gasteiger partial charge in [-0.2, -0.15) is 0 Å². The van der Waals surface area contributed by atoms with Gasteiger partial charge in [0, 0.05) is 13.0 Å². The van der Waals surface area contributed by atoms with Crippen molar-refractivity contribution < 1.29 is 33.1 Å². The zero-order chi connectivity index (χ0) is 25.3. The van der Waals surface area contributed by atoms with Crippen molar-refractivity contribution in [1.82, 2.24) is 0 Å². The number of ether oxygens (including phenoxy) is 1. The van der Waals surface area contributed by atoms with E-state index in [1.54, 1.807) is 0 Å². The third kappa shape index (κ3) is 23.4. The maximum atomic E-state index is 11.7. The third-order valence-electron chi connectivity index (χ3n) is 4.15. The molecule has 0 bridgehead atoms. The fourth-order valence-electron chi connectivity index (χ4n) is 2.43. The Morgan fingerprint density at radius 2 is 1.41 bits per heavy atom. The van der Waals surface area contributed by atoms with Gasteiger partial charge in [-0.05, 0) is 44.9 Å². The summed E-state index contributed by atoms with van der Waals surface area (Å²) in [4.78, 5) is 21.0. The Labute approximate surface area is 204 Å². The van der Waals surface area contributed by atoms with Crippen LogP contribution in [-0.4, -0.2) is 48.4 Å². The van der Waals surface area contributed by atoms with E-state index in [1.165, 1.54) is 0 Å². The van der Waals surface area contributed by atoms with Gasteiger partial charge < -0.3 is 20.5 Å². The van der Waals surface area contributed by atoms with Crippen LogP contribution in [-0.2, 0) is 23.1 Å². The van der Waals surface area contributed by atoms with Crippen molar-refractivity contribution in [2.75, 3.05) is 26.4 Å². The second-order valence-electron chi connectivity index (χ2n) is 7.32. The van der Waals surface area contributed by atoms with Crippen LogP contribution in [0.15, 0.2) is 60.8 Å². The van der Waals surface area contributed by atoms with Crippen molar-refractivity contribution in [3.05, 3.63) is 60.8 Å². The molecule has 2 unspecified atom stereocenters. The van der Waals surface area contributed by atoms with Gasteiger partial charge in [0.05, 0.1) is 13.2 Å². The first-order valence-corrected chi connectivity index (χ1v) is 13.3. The van der Waals surface area contributed by atoms with Crippen molar-refractivity contribution >= 4 is 13.8 Å². The predicted molar refractivity (Wildman–Crippen MR) is 136 cm³/mol. The normalized spacial score (nSPS) is 15.3. The van der Waals surface area contributed by atoms with E-state index < -0.39 is 26.5 Å². The Morgan fingerprint density at radius 1 is 0.882 bits per heavy atom. The molecule has 8 nitrogen and oxygen atoms in total. The number of rotatable bonds is 21. The second-order valence-corrected chi connectivity index (χ2v) is 8.78. The zero-order valence-corrected chi connectivity index (χ0v) is 21.2. The van der Waals surface area contributed by atoms with Crippen LogP contribution < -0.4 is 5.73 Å². The molecule has 0 aliphatic heterocycles. The number of phosphoric acid groups is 1. The molecule has 0 aromatic carbocycles. The van der Waals surface area contributed by atoms with E-state index >= 15 is 0 Å². The number of carbonyl (C=O) groups excluding carboxylic acids is 1. The minimum absolute atomic E-state index is 0.0632. The zero-order valence-electron chi connectivity index (χ0n) is 20.3. The number of aliphatic hydroxyl groups excluding tert-OH is 1. The molecule has 0 spiro atoms. The number of nitrogens with two attached hydrogens (primary N) is 1. The van der Waals surface area contributed by atoms with Crippen molar-refractivity contribution in [2.45, 2.75) is 64.4 Å². The standard InChI is InChI=1S/C25H42NO7P/c1-2-3-4-5-6-7-8-9-10-11-12-13-14-15-16-17-18-19-25(28)31-22-24(27)23-33-34(29,30)32-21-20-26/h3-4,6-7,9-10,12-13,15-16,24,27H,2,5,8,11,14,17-23,26H2,1H3,(H,29,30)/b4-3-,7-6-,10-9-,13-12-,16-15-. The van der Waals surface area contributed by atoms with Gasteiger partial charge >= 0.3 is 13.8 Å². The van der Waals surface area contributed by atoms with E-state index in [4.69, 9.17) is 10.5 Å². The van der Waals surface area contributed by atoms with Crippen LogP contribution in [0.5, 0.6) is 0 Å². The lowest BCUT2D eigenvalue weighted by Crippen LogP contribution is -2.23. The maximum Gasteiger partial charge on any atom is 0.472 e. The second kappa shape index (κ2) is 23.0. The van der Waals surface area contributed by atoms with Crippen LogP contribution >= 0.6 is 7.82 Å². The van der Waals surface area contributed by atoms with Gasteiger partial charge in [0.1, 0.15) is 12.7 Å². The number of allylic oxidation sites excluding steroid dienone is 10. The van der Waals surface area contributed by atoms with E-state index in [9.17, 15) is 19.4 Å². The molecule has 0 radical (unpaired) electrons. The molecular weight excluding hydrogens is 457 g/mol. The quantitative estimate of drug-likeness (QED) is 0.0880. The highest BCUT2D eigenvalue weighted by Crippen LogP contribution is 2.42. The van der Waals surface area contributed by atoms with E-state index in [-0.39, 0.29) is 26.2 Å². The van der Waals surface area contributed by atoms with Crippen LogP contribution in [0.4, 0.5) is 0 Å². The molecule has 194 valence electrons. The van der Waals surface area contributed by atoms with E-state index in [0.29, 0.717) is 6.42 Å². The average Bonchev–Trinajstić information content (AvgIpc) is 2.82. The molecule has 0 heterocycles. The number of hydrogen-bond acceptors (Lipinski definition) is 7.